The first-order chi connectivity index (χ1) is 10.3. The van der Waals surface area contributed by atoms with E-state index in [0.717, 1.165) is 0 Å². The maximum absolute atomic E-state index is 12.2. The van der Waals surface area contributed by atoms with Crippen molar-refractivity contribution < 1.29 is 55.3 Å². The molecule has 0 unspecified atom stereocenters. The number of carbonyl (C=O) groups is 3. The van der Waals surface area contributed by atoms with Gasteiger partial charge in [-0.15, -0.1) is 0 Å². The first kappa shape index (κ1) is 19.0. The fourth-order valence-corrected chi connectivity index (χ4v) is 1.98. The summed E-state index contributed by atoms with van der Waals surface area (Å²) in [4.78, 5) is 32.4. The molecule has 1 saturated carbocycles. The van der Waals surface area contributed by atoms with E-state index in [0.29, 0.717) is 0 Å². The van der Waals surface area contributed by atoms with E-state index >= 15 is 0 Å². The van der Waals surface area contributed by atoms with Gasteiger partial charge in [0.05, 0.1) is 5.92 Å². The van der Waals surface area contributed by atoms with Crippen molar-refractivity contribution in [2.45, 2.75) is 43.8 Å². The minimum atomic E-state index is -5.51. The second-order valence-corrected chi connectivity index (χ2v) is 4.80. The molecule has 1 aliphatic carbocycles. The van der Waals surface area contributed by atoms with Crippen molar-refractivity contribution in [3.63, 3.8) is 0 Å². The predicted octanol–water partition coefficient (Wildman–Crippen LogP) is 2.17. The van der Waals surface area contributed by atoms with Crippen molar-refractivity contribution >= 4 is 17.9 Å². The van der Waals surface area contributed by atoms with E-state index in [1.165, 1.54) is 0 Å². The lowest BCUT2D eigenvalue weighted by Crippen LogP contribution is -2.48. The highest BCUT2D eigenvalue weighted by Crippen LogP contribution is 2.39. The maximum atomic E-state index is 12.2. The number of aliphatic carboxylic acids is 1. The molecule has 1 aliphatic rings. The zero-order chi connectivity index (χ0) is 18.1. The molecule has 0 aliphatic heterocycles. The molecule has 0 aromatic heterocycles. The Hall–Kier alpha value is -2.01. The summed E-state index contributed by atoms with van der Waals surface area (Å²) in [7, 11) is 0. The van der Waals surface area contributed by atoms with E-state index in [1.807, 2.05) is 0 Å². The van der Waals surface area contributed by atoms with E-state index in [2.05, 4.69) is 9.47 Å². The van der Waals surface area contributed by atoms with Gasteiger partial charge in [-0.2, -0.15) is 26.3 Å². The number of hydrogen-bond donors (Lipinski definition) is 1. The molecule has 0 aromatic rings. The number of alkyl halides is 6. The molecule has 0 amide bonds. The number of rotatable bonds is 3. The van der Waals surface area contributed by atoms with Gasteiger partial charge in [0, 0.05) is 12.8 Å². The van der Waals surface area contributed by atoms with Gasteiger partial charge in [0.2, 0.25) is 0 Å². The number of halogens is 6. The van der Waals surface area contributed by atoms with Crippen molar-refractivity contribution in [2.24, 2.45) is 5.92 Å². The molecule has 1 N–H and O–H groups in total. The summed E-state index contributed by atoms with van der Waals surface area (Å²) in [6.45, 7) is 0. The average Bonchev–Trinajstić information content (AvgIpc) is 2.36. The summed E-state index contributed by atoms with van der Waals surface area (Å²) < 4.78 is 81.2. The molecule has 0 spiro atoms. The lowest BCUT2D eigenvalue weighted by molar-refractivity contribution is -0.280. The normalized spacial score (nSPS) is 19.0. The molecule has 1 rings (SSSR count). The number of carboxylic acids is 1. The Morgan fingerprint density at radius 3 is 1.48 bits per heavy atom. The summed E-state index contributed by atoms with van der Waals surface area (Å²) in [6.07, 6.45) is -13.5. The number of carboxylic acid groups (broad SMARTS) is 1. The molecule has 0 aromatic carbocycles. The molecular weight excluding hydrogens is 342 g/mol. The molecule has 1 fully saturated rings. The third-order valence-corrected chi connectivity index (χ3v) is 3.12. The fourth-order valence-electron chi connectivity index (χ4n) is 1.98. The Morgan fingerprint density at radius 2 is 1.22 bits per heavy atom. The van der Waals surface area contributed by atoms with E-state index in [1.54, 1.807) is 0 Å². The Morgan fingerprint density at radius 1 is 0.870 bits per heavy atom. The zero-order valence-electron chi connectivity index (χ0n) is 11.2. The summed E-state index contributed by atoms with van der Waals surface area (Å²) in [5, 5.41) is 8.76. The standard InChI is InChI=1S/C11H10F6O6/c12-10(13,14)7(20)22-9(23-8(21)11(15,16)17)3-1-5(2-4-9)6(18)19/h5H,1-4H2,(H,18,19). The number of ether oxygens (including phenoxy) is 2. The van der Waals surface area contributed by atoms with Gasteiger partial charge < -0.3 is 14.6 Å². The smallest absolute Gasteiger partial charge is 0.481 e. The SMILES string of the molecule is O=C(O)C1CCC(OC(=O)C(F)(F)F)(OC(=O)C(F)(F)F)CC1. The predicted molar refractivity (Wildman–Crippen MR) is 56.6 cm³/mol. The van der Waals surface area contributed by atoms with Crippen molar-refractivity contribution in [3.05, 3.63) is 0 Å². The summed E-state index contributed by atoms with van der Waals surface area (Å²) in [5.74, 6) is -10.8. The zero-order valence-corrected chi connectivity index (χ0v) is 11.2. The highest BCUT2D eigenvalue weighted by atomic mass is 19.4. The number of carbonyl (C=O) groups excluding carboxylic acids is 2. The average molecular weight is 352 g/mol. The highest BCUT2D eigenvalue weighted by Gasteiger charge is 2.53. The van der Waals surface area contributed by atoms with Crippen LogP contribution in [0.15, 0.2) is 0 Å². The first-order valence-corrected chi connectivity index (χ1v) is 6.10. The quantitative estimate of drug-likeness (QED) is 0.476. The van der Waals surface area contributed by atoms with E-state index in [4.69, 9.17) is 5.11 Å². The topological polar surface area (TPSA) is 89.9 Å². The molecular formula is C11H10F6O6. The van der Waals surface area contributed by atoms with Crippen LogP contribution in [0, 0.1) is 5.92 Å². The van der Waals surface area contributed by atoms with Crippen LogP contribution in [0.1, 0.15) is 25.7 Å². The van der Waals surface area contributed by atoms with Gasteiger partial charge in [-0.3, -0.25) is 4.79 Å². The van der Waals surface area contributed by atoms with Crippen molar-refractivity contribution in [1.82, 2.24) is 0 Å². The molecule has 0 radical (unpaired) electrons. The lowest BCUT2D eigenvalue weighted by Gasteiger charge is -2.37. The van der Waals surface area contributed by atoms with Crippen LogP contribution in [0.5, 0.6) is 0 Å². The third kappa shape index (κ3) is 4.99. The Kier molecular flexibility index (Phi) is 5.16. The Balaban J connectivity index is 2.96. The Labute approximate surface area is 124 Å². The van der Waals surface area contributed by atoms with Crippen molar-refractivity contribution in [2.75, 3.05) is 0 Å². The highest BCUT2D eigenvalue weighted by molar-refractivity contribution is 5.78. The molecule has 23 heavy (non-hydrogen) atoms. The number of hydrogen-bond acceptors (Lipinski definition) is 5. The Bertz CT molecular complexity index is 458. The fraction of sp³-hybridized carbons (Fsp3) is 0.727. The molecule has 132 valence electrons. The maximum Gasteiger partial charge on any atom is 0.491 e. The number of esters is 2. The van der Waals surface area contributed by atoms with Crippen LogP contribution in [0.2, 0.25) is 0 Å². The van der Waals surface area contributed by atoms with Crippen LogP contribution in [0.4, 0.5) is 26.3 Å². The van der Waals surface area contributed by atoms with Crippen LogP contribution in [-0.2, 0) is 23.9 Å². The van der Waals surface area contributed by atoms with E-state index < -0.39 is 67.6 Å². The van der Waals surface area contributed by atoms with Gasteiger partial charge in [-0.25, -0.2) is 9.59 Å². The van der Waals surface area contributed by atoms with E-state index in [9.17, 15) is 40.7 Å². The summed E-state index contributed by atoms with van der Waals surface area (Å²) >= 11 is 0. The first-order valence-electron chi connectivity index (χ1n) is 6.10. The molecule has 6 nitrogen and oxygen atoms in total. The minimum absolute atomic E-state index is 0.425. The van der Waals surface area contributed by atoms with Crippen LogP contribution in [0.25, 0.3) is 0 Å². The largest absolute Gasteiger partial charge is 0.491 e. The second-order valence-electron chi connectivity index (χ2n) is 4.80. The van der Waals surface area contributed by atoms with Gasteiger partial charge in [0.1, 0.15) is 0 Å². The molecule has 0 heterocycles. The molecule has 0 bridgehead atoms. The van der Waals surface area contributed by atoms with Crippen LogP contribution < -0.4 is 0 Å². The van der Waals surface area contributed by atoms with Crippen molar-refractivity contribution in [1.29, 1.82) is 0 Å². The second kappa shape index (κ2) is 6.24. The summed E-state index contributed by atoms with van der Waals surface area (Å²) in [5.41, 5.74) is 0. The van der Waals surface area contributed by atoms with Gasteiger partial charge >= 0.3 is 30.3 Å². The van der Waals surface area contributed by atoms with E-state index in [-0.39, 0.29) is 0 Å². The van der Waals surface area contributed by atoms with Gasteiger partial charge in [-0.05, 0) is 12.8 Å². The van der Waals surface area contributed by atoms with Crippen LogP contribution in [0.3, 0.4) is 0 Å². The van der Waals surface area contributed by atoms with Gasteiger partial charge in [0.25, 0.3) is 5.79 Å². The molecule has 0 saturated heterocycles. The monoisotopic (exact) mass is 352 g/mol. The van der Waals surface area contributed by atoms with Crippen LogP contribution >= 0.6 is 0 Å². The molecule has 0 atom stereocenters. The lowest BCUT2D eigenvalue weighted by atomic mass is 9.85. The summed E-state index contributed by atoms with van der Waals surface area (Å²) in [6, 6.07) is 0. The minimum Gasteiger partial charge on any atom is -0.481 e. The van der Waals surface area contributed by atoms with Gasteiger partial charge in [0.15, 0.2) is 0 Å². The van der Waals surface area contributed by atoms with Crippen molar-refractivity contribution in [3.8, 4) is 0 Å². The van der Waals surface area contributed by atoms with Crippen LogP contribution in [-0.4, -0.2) is 41.2 Å². The third-order valence-electron chi connectivity index (χ3n) is 3.12. The van der Waals surface area contributed by atoms with Gasteiger partial charge in [-0.1, -0.05) is 0 Å². The molecule has 12 heteroatoms.